The third-order valence-electron chi connectivity index (χ3n) is 2.53. The lowest BCUT2D eigenvalue weighted by Gasteiger charge is -2.24. The normalized spacial score (nSPS) is 14.7. The van der Waals surface area contributed by atoms with E-state index in [4.69, 9.17) is 22.1 Å². The van der Waals surface area contributed by atoms with E-state index in [-0.39, 0.29) is 6.54 Å². The first kappa shape index (κ1) is 12.3. The highest BCUT2D eigenvalue weighted by Gasteiger charge is 2.31. The zero-order valence-electron chi connectivity index (χ0n) is 8.89. The maximum Gasteiger partial charge on any atom is 0.151 e. The standard InChI is InChI=1S/C11H15ClFNO/c1-3-11(13,7-14)9-6-8(12)4-5-10(9)15-2/h4-6H,3,7,14H2,1-2H3. The Labute approximate surface area is 94.2 Å². The number of ether oxygens (including phenoxy) is 1. The second kappa shape index (κ2) is 4.81. The Morgan fingerprint density at radius 2 is 2.20 bits per heavy atom. The quantitative estimate of drug-likeness (QED) is 0.865. The van der Waals surface area contributed by atoms with E-state index in [0.29, 0.717) is 22.8 Å². The summed E-state index contributed by atoms with van der Waals surface area (Å²) >= 11 is 5.83. The molecule has 2 N–H and O–H groups in total. The van der Waals surface area contributed by atoms with E-state index in [1.807, 2.05) is 0 Å². The van der Waals surface area contributed by atoms with E-state index in [9.17, 15) is 4.39 Å². The molecule has 4 heteroatoms. The van der Waals surface area contributed by atoms with Gasteiger partial charge in [-0.05, 0) is 24.6 Å². The summed E-state index contributed by atoms with van der Waals surface area (Å²) in [6.07, 6.45) is 0.292. The van der Waals surface area contributed by atoms with Crippen LogP contribution in [0.25, 0.3) is 0 Å². The highest BCUT2D eigenvalue weighted by molar-refractivity contribution is 6.30. The third-order valence-corrected chi connectivity index (χ3v) is 2.76. The van der Waals surface area contributed by atoms with Crippen molar-refractivity contribution < 1.29 is 9.13 Å². The fourth-order valence-corrected chi connectivity index (χ4v) is 1.65. The lowest BCUT2D eigenvalue weighted by Crippen LogP contribution is -2.30. The molecule has 0 radical (unpaired) electrons. The Morgan fingerprint density at radius 1 is 1.53 bits per heavy atom. The molecule has 2 nitrogen and oxygen atoms in total. The fraction of sp³-hybridized carbons (Fsp3) is 0.455. The van der Waals surface area contributed by atoms with Crippen molar-refractivity contribution in [2.45, 2.75) is 19.0 Å². The number of hydrogen-bond donors (Lipinski definition) is 1. The van der Waals surface area contributed by atoms with Gasteiger partial charge in [0.25, 0.3) is 0 Å². The molecule has 0 fully saturated rings. The molecule has 0 aliphatic rings. The molecule has 84 valence electrons. The molecule has 0 aliphatic heterocycles. The van der Waals surface area contributed by atoms with Crippen molar-refractivity contribution in [2.75, 3.05) is 13.7 Å². The number of hydrogen-bond acceptors (Lipinski definition) is 2. The molecule has 1 aromatic carbocycles. The Bertz CT molecular complexity index is 339. The van der Waals surface area contributed by atoms with E-state index < -0.39 is 5.67 Å². The molecule has 0 heterocycles. The van der Waals surface area contributed by atoms with Gasteiger partial charge in [-0.3, -0.25) is 0 Å². The van der Waals surface area contributed by atoms with Gasteiger partial charge in [0.1, 0.15) is 5.75 Å². The molecular weight excluding hydrogens is 217 g/mol. The molecule has 0 saturated carbocycles. The van der Waals surface area contributed by atoms with Gasteiger partial charge in [-0.25, -0.2) is 4.39 Å². The van der Waals surface area contributed by atoms with E-state index in [1.165, 1.54) is 7.11 Å². The van der Waals surface area contributed by atoms with Gasteiger partial charge >= 0.3 is 0 Å². The average Bonchev–Trinajstić information content (AvgIpc) is 2.28. The van der Waals surface area contributed by atoms with Crippen LogP contribution in [0.2, 0.25) is 5.02 Å². The van der Waals surface area contributed by atoms with Gasteiger partial charge in [0.2, 0.25) is 0 Å². The lowest BCUT2D eigenvalue weighted by molar-refractivity contribution is 0.163. The predicted molar refractivity (Wildman–Crippen MR) is 60.1 cm³/mol. The first-order chi connectivity index (χ1) is 7.07. The van der Waals surface area contributed by atoms with Gasteiger partial charge in [0.15, 0.2) is 5.67 Å². The second-order valence-corrected chi connectivity index (χ2v) is 3.80. The summed E-state index contributed by atoms with van der Waals surface area (Å²) in [6, 6.07) is 4.88. The lowest BCUT2D eigenvalue weighted by atomic mass is 9.92. The summed E-state index contributed by atoms with van der Waals surface area (Å²) in [4.78, 5) is 0. The van der Waals surface area contributed by atoms with E-state index >= 15 is 0 Å². The van der Waals surface area contributed by atoms with Crippen molar-refractivity contribution in [1.82, 2.24) is 0 Å². The van der Waals surface area contributed by atoms with Crippen LogP contribution in [0.15, 0.2) is 18.2 Å². The van der Waals surface area contributed by atoms with Crippen molar-refractivity contribution in [2.24, 2.45) is 5.73 Å². The van der Waals surface area contributed by atoms with Crippen molar-refractivity contribution >= 4 is 11.6 Å². The zero-order valence-corrected chi connectivity index (χ0v) is 9.64. The van der Waals surface area contributed by atoms with Crippen LogP contribution < -0.4 is 10.5 Å². The molecule has 1 rings (SSSR count). The average molecular weight is 232 g/mol. The topological polar surface area (TPSA) is 35.2 Å². The summed E-state index contributed by atoms with van der Waals surface area (Å²) in [5.74, 6) is 0.481. The van der Waals surface area contributed by atoms with Crippen molar-refractivity contribution in [3.8, 4) is 5.75 Å². The van der Waals surface area contributed by atoms with E-state index in [2.05, 4.69) is 0 Å². The molecule has 0 bridgehead atoms. The number of alkyl halides is 1. The number of halogens is 2. The summed E-state index contributed by atoms with van der Waals surface area (Å²) in [5, 5.41) is 0.481. The molecule has 1 unspecified atom stereocenters. The smallest absolute Gasteiger partial charge is 0.151 e. The molecule has 0 spiro atoms. The number of nitrogens with two attached hydrogens (primary N) is 1. The monoisotopic (exact) mass is 231 g/mol. The Kier molecular flexibility index (Phi) is 3.94. The van der Waals surface area contributed by atoms with Crippen LogP contribution in [0.5, 0.6) is 5.75 Å². The van der Waals surface area contributed by atoms with E-state index in [0.717, 1.165) is 0 Å². The molecular formula is C11H15ClFNO. The van der Waals surface area contributed by atoms with Crippen LogP contribution in [0.3, 0.4) is 0 Å². The minimum atomic E-state index is -1.57. The third kappa shape index (κ3) is 2.41. The number of methoxy groups -OCH3 is 1. The highest BCUT2D eigenvalue weighted by atomic mass is 35.5. The summed E-state index contributed by atoms with van der Waals surface area (Å²) in [6.45, 7) is 1.66. The maximum absolute atomic E-state index is 14.3. The molecule has 0 amide bonds. The number of benzene rings is 1. The first-order valence-electron chi connectivity index (χ1n) is 4.80. The molecule has 0 saturated heterocycles. The summed E-state index contributed by atoms with van der Waals surface area (Å²) in [5.41, 5.74) is 4.30. The maximum atomic E-state index is 14.3. The van der Waals surface area contributed by atoms with Crippen LogP contribution in [0.4, 0.5) is 4.39 Å². The van der Waals surface area contributed by atoms with Crippen LogP contribution in [0.1, 0.15) is 18.9 Å². The Morgan fingerprint density at radius 3 is 2.67 bits per heavy atom. The molecule has 1 aromatic rings. The second-order valence-electron chi connectivity index (χ2n) is 3.37. The summed E-state index contributed by atoms with van der Waals surface area (Å²) < 4.78 is 19.4. The molecule has 1 atom stereocenters. The van der Waals surface area contributed by atoms with Crippen molar-refractivity contribution in [3.63, 3.8) is 0 Å². The van der Waals surface area contributed by atoms with Crippen molar-refractivity contribution in [1.29, 1.82) is 0 Å². The minimum Gasteiger partial charge on any atom is -0.496 e. The Balaban J connectivity index is 3.26. The van der Waals surface area contributed by atoms with Crippen LogP contribution in [-0.4, -0.2) is 13.7 Å². The molecule has 0 aromatic heterocycles. The van der Waals surface area contributed by atoms with Gasteiger partial charge in [0, 0.05) is 17.1 Å². The first-order valence-corrected chi connectivity index (χ1v) is 5.18. The van der Waals surface area contributed by atoms with Gasteiger partial charge in [0.05, 0.1) is 7.11 Å². The van der Waals surface area contributed by atoms with Gasteiger partial charge in [-0.1, -0.05) is 18.5 Å². The van der Waals surface area contributed by atoms with Gasteiger partial charge in [-0.15, -0.1) is 0 Å². The van der Waals surface area contributed by atoms with Crippen LogP contribution in [-0.2, 0) is 5.67 Å². The van der Waals surface area contributed by atoms with E-state index in [1.54, 1.807) is 25.1 Å². The van der Waals surface area contributed by atoms with Crippen molar-refractivity contribution in [3.05, 3.63) is 28.8 Å². The van der Waals surface area contributed by atoms with Crippen LogP contribution >= 0.6 is 11.6 Å². The number of rotatable bonds is 4. The predicted octanol–water partition coefficient (Wildman–Crippen LogP) is 2.88. The Hall–Kier alpha value is -0.800. The summed E-state index contributed by atoms with van der Waals surface area (Å²) in [7, 11) is 1.50. The zero-order chi connectivity index (χ0) is 11.5. The van der Waals surface area contributed by atoms with Gasteiger partial charge in [-0.2, -0.15) is 0 Å². The molecule has 0 aliphatic carbocycles. The van der Waals surface area contributed by atoms with Crippen LogP contribution in [0, 0.1) is 0 Å². The minimum absolute atomic E-state index is 0.0831. The SMILES string of the molecule is CCC(F)(CN)c1cc(Cl)ccc1OC. The molecule has 15 heavy (non-hydrogen) atoms. The largest absolute Gasteiger partial charge is 0.496 e. The fourth-order valence-electron chi connectivity index (χ4n) is 1.48. The van der Waals surface area contributed by atoms with Gasteiger partial charge < -0.3 is 10.5 Å². The highest BCUT2D eigenvalue weighted by Crippen LogP contribution is 2.36.